The standard InChI is InChI=1S/C11H15N3O.C2H6/c1-8-7-12-13-11(8)10-3-5-14(6-4-10)9(2)15;1-2/h3,7H,4-6H2,1-2H3,(H,12,13);1-2H3. The summed E-state index contributed by atoms with van der Waals surface area (Å²) in [4.78, 5) is 13.0. The minimum absolute atomic E-state index is 0.145. The van der Waals surface area contributed by atoms with Gasteiger partial charge in [0.05, 0.1) is 11.9 Å². The maximum Gasteiger partial charge on any atom is 0.219 e. The normalized spacial score (nSPS) is 14.8. The van der Waals surface area contributed by atoms with Gasteiger partial charge in [0.25, 0.3) is 0 Å². The summed E-state index contributed by atoms with van der Waals surface area (Å²) in [5, 5.41) is 7.00. The van der Waals surface area contributed by atoms with Crippen molar-refractivity contribution < 1.29 is 4.79 Å². The molecule has 0 radical (unpaired) electrons. The lowest BCUT2D eigenvalue weighted by atomic mass is 10.0. The first kappa shape index (κ1) is 13.5. The Morgan fingerprint density at radius 3 is 2.59 bits per heavy atom. The minimum Gasteiger partial charge on any atom is -0.339 e. The Hall–Kier alpha value is -1.58. The van der Waals surface area contributed by atoms with E-state index >= 15 is 0 Å². The van der Waals surface area contributed by atoms with Crippen molar-refractivity contribution in [3.63, 3.8) is 0 Å². The van der Waals surface area contributed by atoms with E-state index in [1.54, 1.807) is 6.92 Å². The van der Waals surface area contributed by atoms with Gasteiger partial charge in [0.15, 0.2) is 0 Å². The van der Waals surface area contributed by atoms with Gasteiger partial charge in [-0.3, -0.25) is 9.89 Å². The molecule has 1 aliphatic rings. The van der Waals surface area contributed by atoms with Crippen LogP contribution >= 0.6 is 0 Å². The van der Waals surface area contributed by atoms with Crippen LogP contribution < -0.4 is 0 Å². The number of aryl methyl sites for hydroxylation is 1. The van der Waals surface area contributed by atoms with E-state index in [1.807, 2.05) is 31.9 Å². The molecule has 4 heteroatoms. The van der Waals surface area contributed by atoms with E-state index in [0.29, 0.717) is 6.54 Å². The highest BCUT2D eigenvalue weighted by atomic mass is 16.2. The van der Waals surface area contributed by atoms with Crippen molar-refractivity contribution in [1.82, 2.24) is 15.1 Å². The Kier molecular flexibility index (Phi) is 4.94. The molecule has 0 spiro atoms. The van der Waals surface area contributed by atoms with Gasteiger partial charge in [-0.1, -0.05) is 19.9 Å². The molecule has 4 nitrogen and oxygen atoms in total. The number of hydrogen-bond donors (Lipinski definition) is 1. The summed E-state index contributed by atoms with van der Waals surface area (Å²) in [5.74, 6) is 0.145. The van der Waals surface area contributed by atoms with Crippen LogP contribution in [0.2, 0.25) is 0 Å². The molecule has 1 N–H and O–H groups in total. The second-order valence-corrected chi connectivity index (χ2v) is 3.87. The van der Waals surface area contributed by atoms with Gasteiger partial charge in [0, 0.05) is 20.0 Å². The SMILES string of the molecule is CC.CC(=O)N1CC=C(c2[nH]ncc2C)CC1. The van der Waals surface area contributed by atoms with E-state index in [0.717, 1.165) is 24.2 Å². The predicted molar refractivity (Wildman–Crippen MR) is 69.5 cm³/mol. The zero-order chi connectivity index (χ0) is 12.8. The van der Waals surface area contributed by atoms with Crippen molar-refractivity contribution >= 4 is 11.5 Å². The number of amides is 1. The van der Waals surface area contributed by atoms with Gasteiger partial charge < -0.3 is 4.90 Å². The van der Waals surface area contributed by atoms with E-state index in [4.69, 9.17) is 0 Å². The van der Waals surface area contributed by atoms with Crippen molar-refractivity contribution in [2.45, 2.75) is 34.1 Å². The van der Waals surface area contributed by atoms with Crippen LogP contribution in [0.25, 0.3) is 5.57 Å². The van der Waals surface area contributed by atoms with Crippen molar-refractivity contribution in [1.29, 1.82) is 0 Å². The molecule has 0 fully saturated rings. The van der Waals surface area contributed by atoms with Crippen molar-refractivity contribution in [2.75, 3.05) is 13.1 Å². The summed E-state index contributed by atoms with van der Waals surface area (Å²) in [6.07, 6.45) is 4.83. The highest BCUT2D eigenvalue weighted by Gasteiger charge is 2.16. The third-order valence-corrected chi connectivity index (χ3v) is 2.80. The predicted octanol–water partition coefficient (Wildman–Crippen LogP) is 2.38. The van der Waals surface area contributed by atoms with Crippen LogP contribution in [0.1, 0.15) is 38.4 Å². The fourth-order valence-electron chi connectivity index (χ4n) is 1.85. The van der Waals surface area contributed by atoms with E-state index < -0.39 is 0 Å². The van der Waals surface area contributed by atoms with Crippen molar-refractivity contribution in [3.05, 3.63) is 23.5 Å². The summed E-state index contributed by atoms with van der Waals surface area (Å²) < 4.78 is 0. The molecule has 2 rings (SSSR count). The maximum absolute atomic E-state index is 11.1. The molecule has 17 heavy (non-hydrogen) atoms. The zero-order valence-electron chi connectivity index (χ0n) is 11.1. The third-order valence-electron chi connectivity index (χ3n) is 2.80. The second kappa shape index (κ2) is 6.23. The molecule has 0 saturated carbocycles. The van der Waals surface area contributed by atoms with Gasteiger partial charge in [0.1, 0.15) is 0 Å². The first-order chi connectivity index (χ1) is 8.18. The fraction of sp³-hybridized carbons (Fsp3) is 0.538. The Morgan fingerprint density at radius 1 is 1.47 bits per heavy atom. The number of aromatic nitrogens is 2. The Balaban J connectivity index is 0.000000686. The summed E-state index contributed by atoms with van der Waals surface area (Å²) in [6.45, 7) is 9.17. The van der Waals surface area contributed by atoms with E-state index in [-0.39, 0.29) is 5.91 Å². The Bertz CT molecular complexity index is 407. The zero-order valence-corrected chi connectivity index (χ0v) is 11.1. The smallest absolute Gasteiger partial charge is 0.219 e. The van der Waals surface area contributed by atoms with Gasteiger partial charge in [0.2, 0.25) is 5.91 Å². The maximum atomic E-state index is 11.1. The van der Waals surface area contributed by atoms with Crippen LogP contribution in [0.4, 0.5) is 0 Å². The van der Waals surface area contributed by atoms with Gasteiger partial charge in [-0.15, -0.1) is 0 Å². The van der Waals surface area contributed by atoms with Gasteiger partial charge in [-0.05, 0) is 24.5 Å². The molecule has 1 amide bonds. The van der Waals surface area contributed by atoms with E-state index in [2.05, 4.69) is 16.3 Å². The number of carbonyl (C=O) groups is 1. The van der Waals surface area contributed by atoms with E-state index in [1.165, 1.54) is 5.57 Å². The minimum atomic E-state index is 0.145. The summed E-state index contributed by atoms with van der Waals surface area (Å²) in [5.41, 5.74) is 3.54. The third kappa shape index (κ3) is 3.19. The highest BCUT2D eigenvalue weighted by molar-refractivity contribution is 5.75. The van der Waals surface area contributed by atoms with Gasteiger partial charge >= 0.3 is 0 Å². The first-order valence-electron chi connectivity index (χ1n) is 6.13. The van der Waals surface area contributed by atoms with Crippen LogP contribution in [0.15, 0.2) is 12.3 Å². The number of nitrogens with one attached hydrogen (secondary N) is 1. The number of nitrogens with zero attached hydrogens (tertiary/aromatic N) is 2. The topological polar surface area (TPSA) is 49.0 Å². The lowest BCUT2D eigenvalue weighted by Crippen LogP contribution is -2.32. The summed E-state index contributed by atoms with van der Waals surface area (Å²) >= 11 is 0. The monoisotopic (exact) mass is 235 g/mol. The molecule has 94 valence electrons. The van der Waals surface area contributed by atoms with Gasteiger partial charge in [-0.2, -0.15) is 5.10 Å². The number of carbonyl (C=O) groups excluding carboxylic acids is 1. The quantitative estimate of drug-likeness (QED) is 0.812. The molecule has 0 aromatic carbocycles. The fourth-order valence-corrected chi connectivity index (χ4v) is 1.85. The number of aromatic amines is 1. The Morgan fingerprint density at radius 2 is 2.18 bits per heavy atom. The first-order valence-corrected chi connectivity index (χ1v) is 6.13. The van der Waals surface area contributed by atoms with Crippen molar-refractivity contribution in [2.24, 2.45) is 0 Å². The second-order valence-electron chi connectivity index (χ2n) is 3.87. The Labute approximate surface area is 103 Å². The summed E-state index contributed by atoms with van der Waals surface area (Å²) in [6, 6.07) is 0. The number of rotatable bonds is 1. The molecular formula is C13H21N3O. The van der Waals surface area contributed by atoms with Crippen LogP contribution in [-0.4, -0.2) is 34.1 Å². The molecule has 0 atom stereocenters. The highest BCUT2D eigenvalue weighted by Crippen LogP contribution is 2.22. The molecule has 1 aromatic rings. The largest absolute Gasteiger partial charge is 0.339 e. The van der Waals surface area contributed by atoms with Crippen LogP contribution in [-0.2, 0) is 4.79 Å². The molecule has 0 aliphatic carbocycles. The van der Waals surface area contributed by atoms with Crippen LogP contribution in [0.3, 0.4) is 0 Å². The lowest BCUT2D eigenvalue weighted by Gasteiger charge is -2.25. The van der Waals surface area contributed by atoms with E-state index in [9.17, 15) is 4.79 Å². The van der Waals surface area contributed by atoms with Gasteiger partial charge in [-0.25, -0.2) is 0 Å². The average molecular weight is 235 g/mol. The van der Waals surface area contributed by atoms with Crippen LogP contribution in [0.5, 0.6) is 0 Å². The number of hydrogen-bond acceptors (Lipinski definition) is 2. The summed E-state index contributed by atoms with van der Waals surface area (Å²) in [7, 11) is 0. The molecule has 2 heterocycles. The molecule has 1 aliphatic heterocycles. The number of H-pyrrole nitrogens is 1. The lowest BCUT2D eigenvalue weighted by molar-refractivity contribution is -0.128. The molecule has 0 saturated heterocycles. The molecule has 1 aromatic heterocycles. The van der Waals surface area contributed by atoms with Crippen LogP contribution in [0, 0.1) is 6.92 Å². The molecule has 0 bridgehead atoms. The van der Waals surface area contributed by atoms with Crippen molar-refractivity contribution in [3.8, 4) is 0 Å². The molecule has 0 unspecified atom stereocenters. The average Bonchev–Trinajstić information content (AvgIpc) is 2.78. The molecular weight excluding hydrogens is 214 g/mol.